The van der Waals surface area contributed by atoms with Gasteiger partial charge in [0.15, 0.2) is 0 Å². The third-order valence-corrected chi connectivity index (χ3v) is 4.75. The Morgan fingerprint density at radius 1 is 1.18 bits per heavy atom. The number of carbonyl (C=O) groups is 1. The van der Waals surface area contributed by atoms with Gasteiger partial charge in [0, 0.05) is 4.47 Å². The zero-order chi connectivity index (χ0) is 15.5. The van der Waals surface area contributed by atoms with Gasteiger partial charge in [0.1, 0.15) is 0 Å². The van der Waals surface area contributed by atoms with Gasteiger partial charge in [0.05, 0.1) is 12.5 Å². The Morgan fingerprint density at radius 3 is 2.82 bits per heavy atom. The average Bonchev–Trinajstić information content (AvgIpc) is 2.94. The number of hydrogen-bond acceptors (Lipinski definition) is 1. The van der Waals surface area contributed by atoms with Gasteiger partial charge in [-0.15, -0.1) is 0 Å². The molecule has 0 heterocycles. The maximum absolute atomic E-state index is 12.2. The van der Waals surface area contributed by atoms with Crippen molar-refractivity contribution >= 4 is 21.8 Å². The first-order valence-corrected chi connectivity index (χ1v) is 8.56. The van der Waals surface area contributed by atoms with Crippen LogP contribution in [0.4, 0.5) is 0 Å². The SMILES string of the molecule is CC(NC(=O)Cc1cccc(Br)c1)c1ccc2c(c1)CCC2. The minimum absolute atomic E-state index is 0.0468. The van der Waals surface area contributed by atoms with E-state index in [0.717, 1.165) is 10.0 Å². The van der Waals surface area contributed by atoms with E-state index in [0.29, 0.717) is 6.42 Å². The number of hydrogen-bond donors (Lipinski definition) is 1. The molecule has 1 N–H and O–H groups in total. The van der Waals surface area contributed by atoms with Gasteiger partial charge in [-0.2, -0.15) is 0 Å². The molecule has 3 rings (SSSR count). The molecule has 0 saturated heterocycles. The van der Waals surface area contributed by atoms with Crippen molar-refractivity contribution < 1.29 is 4.79 Å². The third kappa shape index (κ3) is 3.58. The summed E-state index contributed by atoms with van der Waals surface area (Å²) in [5, 5.41) is 3.10. The van der Waals surface area contributed by atoms with Crippen molar-refractivity contribution in [2.24, 2.45) is 0 Å². The van der Waals surface area contributed by atoms with E-state index in [4.69, 9.17) is 0 Å². The molecule has 2 aromatic rings. The first kappa shape index (κ1) is 15.3. The predicted molar refractivity (Wildman–Crippen MR) is 92.9 cm³/mol. The fraction of sp³-hybridized carbons (Fsp3) is 0.316. The normalized spacial score (nSPS) is 14.5. The van der Waals surface area contributed by atoms with E-state index in [1.54, 1.807) is 0 Å². The molecule has 22 heavy (non-hydrogen) atoms. The molecule has 0 saturated carbocycles. The van der Waals surface area contributed by atoms with Crippen molar-refractivity contribution in [1.82, 2.24) is 5.32 Å². The molecule has 1 atom stereocenters. The largest absolute Gasteiger partial charge is 0.349 e. The summed E-state index contributed by atoms with van der Waals surface area (Å²) in [6.45, 7) is 2.05. The van der Waals surface area contributed by atoms with Crippen molar-refractivity contribution in [2.75, 3.05) is 0 Å². The summed E-state index contributed by atoms with van der Waals surface area (Å²) in [5.74, 6) is 0.0612. The average molecular weight is 358 g/mol. The molecular weight excluding hydrogens is 338 g/mol. The minimum Gasteiger partial charge on any atom is -0.349 e. The Kier molecular flexibility index (Phi) is 4.63. The lowest BCUT2D eigenvalue weighted by atomic mass is 10.0. The van der Waals surface area contributed by atoms with Crippen LogP contribution in [0, 0.1) is 0 Å². The highest BCUT2D eigenvalue weighted by Gasteiger charge is 2.15. The van der Waals surface area contributed by atoms with E-state index in [1.165, 1.54) is 36.0 Å². The number of halogens is 1. The van der Waals surface area contributed by atoms with Crippen LogP contribution in [0.15, 0.2) is 46.9 Å². The van der Waals surface area contributed by atoms with Crippen molar-refractivity contribution in [3.05, 3.63) is 69.2 Å². The predicted octanol–water partition coefficient (Wildman–Crippen LogP) is 4.36. The highest BCUT2D eigenvalue weighted by atomic mass is 79.9. The van der Waals surface area contributed by atoms with E-state index >= 15 is 0 Å². The van der Waals surface area contributed by atoms with Crippen LogP contribution in [0.1, 0.15) is 41.6 Å². The van der Waals surface area contributed by atoms with Gasteiger partial charge < -0.3 is 5.32 Å². The summed E-state index contributed by atoms with van der Waals surface area (Å²) >= 11 is 3.44. The molecule has 0 fully saturated rings. The molecule has 2 nitrogen and oxygen atoms in total. The van der Waals surface area contributed by atoms with Crippen LogP contribution in [0.25, 0.3) is 0 Å². The van der Waals surface area contributed by atoms with Crippen LogP contribution in [0.3, 0.4) is 0 Å². The Hall–Kier alpha value is -1.61. The maximum atomic E-state index is 12.2. The van der Waals surface area contributed by atoms with E-state index in [-0.39, 0.29) is 11.9 Å². The second-order valence-corrected chi connectivity index (χ2v) is 6.89. The molecule has 0 aromatic heterocycles. The van der Waals surface area contributed by atoms with Gasteiger partial charge in [-0.25, -0.2) is 0 Å². The maximum Gasteiger partial charge on any atom is 0.224 e. The summed E-state index contributed by atoms with van der Waals surface area (Å²) in [6.07, 6.45) is 4.03. The zero-order valence-corrected chi connectivity index (χ0v) is 14.3. The number of carbonyl (C=O) groups excluding carboxylic acids is 1. The smallest absolute Gasteiger partial charge is 0.224 e. The van der Waals surface area contributed by atoms with E-state index < -0.39 is 0 Å². The number of rotatable bonds is 4. The Bertz CT molecular complexity index is 696. The van der Waals surface area contributed by atoms with Gasteiger partial charge in [-0.3, -0.25) is 4.79 Å². The molecule has 1 unspecified atom stereocenters. The van der Waals surface area contributed by atoms with Crippen molar-refractivity contribution in [1.29, 1.82) is 0 Å². The molecule has 0 bridgehead atoms. The van der Waals surface area contributed by atoms with E-state index in [9.17, 15) is 4.79 Å². The monoisotopic (exact) mass is 357 g/mol. The summed E-state index contributed by atoms with van der Waals surface area (Å²) in [7, 11) is 0. The van der Waals surface area contributed by atoms with Crippen molar-refractivity contribution in [2.45, 2.75) is 38.6 Å². The second kappa shape index (κ2) is 6.66. The van der Waals surface area contributed by atoms with Crippen LogP contribution in [-0.4, -0.2) is 5.91 Å². The number of fused-ring (bicyclic) bond motifs is 1. The van der Waals surface area contributed by atoms with E-state index in [2.05, 4.69) is 46.4 Å². The Morgan fingerprint density at radius 2 is 2.00 bits per heavy atom. The van der Waals surface area contributed by atoms with Gasteiger partial charge in [0.25, 0.3) is 0 Å². The molecule has 1 amide bonds. The lowest BCUT2D eigenvalue weighted by Crippen LogP contribution is -2.28. The zero-order valence-electron chi connectivity index (χ0n) is 12.7. The minimum atomic E-state index is 0.0468. The first-order chi connectivity index (χ1) is 10.6. The highest BCUT2D eigenvalue weighted by molar-refractivity contribution is 9.10. The number of aryl methyl sites for hydroxylation is 2. The molecule has 114 valence electrons. The van der Waals surface area contributed by atoms with Gasteiger partial charge in [-0.1, -0.05) is 46.3 Å². The highest BCUT2D eigenvalue weighted by Crippen LogP contribution is 2.25. The molecular formula is C19H20BrNO. The first-order valence-electron chi connectivity index (χ1n) is 7.77. The molecule has 0 radical (unpaired) electrons. The van der Waals surface area contributed by atoms with Gasteiger partial charge in [0.2, 0.25) is 5.91 Å². The quantitative estimate of drug-likeness (QED) is 0.865. The Balaban J connectivity index is 1.63. The fourth-order valence-corrected chi connectivity index (χ4v) is 3.52. The van der Waals surface area contributed by atoms with Crippen LogP contribution in [-0.2, 0) is 24.1 Å². The number of amides is 1. The summed E-state index contributed by atoms with van der Waals surface area (Å²) in [5.41, 5.74) is 5.14. The third-order valence-electron chi connectivity index (χ3n) is 4.25. The molecule has 1 aliphatic rings. The van der Waals surface area contributed by atoms with Crippen LogP contribution < -0.4 is 5.32 Å². The molecule has 0 spiro atoms. The summed E-state index contributed by atoms with van der Waals surface area (Å²) in [6, 6.07) is 14.6. The molecule has 1 aliphatic carbocycles. The summed E-state index contributed by atoms with van der Waals surface area (Å²) < 4.78 is 1.00. The van der Waals surface area contributed by atoms with Crippen LogP contribution >= 0.6 is 15.9 Å². The number of benzene rings is 2. The lowest BCUT2D eigenvalue weighted by Gasteiger charge is -2.16. The standard InChI is InChI=1S/C19H20BrNO/c1-13(16-9-8-15-5-3-6-17(15)12-16)21-19(22)11-14-4-2-7-18(20)10-14/h2,4,7-10,12-13H,3,5-6,11H2,1H3,(H,21,22). The Labute approximate surface area is 140 Å². The topological polar surface area (TPSA) is 29.1 Å². The summed E-state index contributed by atoms with van der Waals surface area (Å²) in [4.78, 5) is 12.2. The van der Waals surface area contributed by atoms with Crippen LogP contribution in [0.5, 0.6) is 0 Å². The van der Waals surface area contributed by atoms with Crippen LogP contribution in [0.2, 0.25) is 0 Å². The molecule has 0 aliphatic heterocycles. The van der Waals surface area contributed by atoms with Gasteiger partial charge >= 0.3 is 0 Å². The number of nitrogens with one attached hydrogen (secondary N) is 1. The second-order valence-electron chi connectivity index (χ2n) is 5.98. The molecule has 2 aromatic carbocycles. The van der Waals surface area contributed by atoms with Crippen molar-refractivity contribution in [3.8, 4) is 0 Å². The lowest BCUT2D eigenvalue weighted by molar-refractivity contribution is -0.121. The molecule has 3 heteroatoms. The van der Waals surface area contributed by atoms with Gasteiger partial charge in [-0.05, 0) is 60.6 Å². The van der Waals surface area contributed by atoms with E-state index in [1.807, 2.05) is 24.3 Å². The van der Waals surface area contributed by atoms with Crippen molar-refractivity contribution in [3.63, 3.8) is 0 Å². The fourth-order valence-electron chi connectivity index (χ4n) is 3.07.